The van der Waals surface area contributed by atoms with E-state index in [0.717, 1.165) is 45.5 Å². The number of hydrogen-bond acceptors (Lipinski definition) is 6. The van der Waals surface area contributed by atoms with Gasteiger partial charge in [0, 0.05) is 39.3 Å². The number of hydrogen-bond donors (Lipinski definition) is 2. The lowest BCUT2D eigenvalue weighted by Crippen LogP contribution is -2.45. The summed E-state index contributed by atoms with van der Waals surface area (Å²) in [6.45, 7) is 5.97. The van der Waals surface area contributed by atoms with Crippen LogP contribution in [0.5, 0.6) is 0 Å². The first-order valence-electron chi connectivity index (χ1n) is 6.53. The molecule has 0 bridgehead atoms. The highest BCUT2D eigenvalue weighted by Crippen LogP contribution is 2.09. The zero-order valence-electron chi connectivity index (χ0n) is 11.5. The number of nitrogens with one attached hydrogen (secondary N) is 1. The van der Waals surface area contributed by atoms with Gasteiger partial charge in [-0.2, -0.15) is 8.42 Å². The third-order valence-corrected chi connectivity index (χ3v) is 4.20. The summed E-state index contributed by atoms with van der Waals surface area (Å²) < 4.78 is 30.6. The summed E-state index contributed by atoms with van der Waals surface area (Å²) in [5.74, 6) is 0.603. The molecular weight excluding hydrogens is 280 g/mol. The van der Waals surface area contributed by atoms with E-state index in [1.165, 1.54) is 6.07 Å². The van der Waals surface area contributed by atoms with Crippen LogP contribution in [0.15, 0.2) is 23.2 Å². The SMILES string of the molecule is CN1CCN(CCNc2ccc(S(=O)(=O)O)cn2)CC1. The summed E-state index contributed by atoms with van der Waals surface area (Å²) in [6, 6.07) is 2.88. The molecule has 1 aromatic rings. The third-order valence-electron chi connectivity index (χ3n) is 3.36. The topological polar surface area (TPSA) is 85.8 Å². The van der Waals surface area contributed by atoms with Gasteiger partial charge in [-0.25, -0.2) is 4.98 Å². The predicted molar refractivity (Wildman–Crippen MR) is 76.5 cm³/mol. The third kappa shape index (κ3) is 4.41. The fourth-order valence-corrected chi connectivity index (χ4v) is 2.48. The van der Waals surface area contributed by atoms with Crippen molar-refractivity contribution in [2.45, 2.75) is 4.90 Å². The van der Waals surface area contributed by atoms with Gasteiger partial charge in [0.15, 0.2) is 0 Å². The second-order valence-electron chi connectivity index (χ2n) is 4.93. The molecule has 0 atom stereocenters. The Bertz CT molecular complexity index is 524. The van der Waals surface area contributed by atoms with Crippen LogP contribution < -0.4 is 5.32 Å². The Morgan fingerprint density at radius 3 is 2.55 bits per heavy atom. The maximum absolute atomic E-state index is 10.9. The Balaban J connectivity index is 1.77. The van der Waals surface area contributed by atoms with Crippen molar-refractivity contribution >= 4 is 15.9 Å². The lowest BCUT2D eigenvalue weighted by molar-refractivity contribution is 0.158. The molecule has 20 heavy (non-hydrogen) atoms. The average molecular weight is 300 g/mol. The molecule has 2 rings (SSSR count). The van der Waals surface area contributed by atoms with Gasteiger partial charge in [-0.3, -0.25) is 9.45 Å². The van der Waals surface area contributed by atoms with Crippen molar-refractivity contribution in [2.75, 3.05) is 51.6 Å². The highest BCUT2D eigenvalue weighted by atomic mass is 32.2. The van der Waals surface area contributed by atoms with Crippen LogP contribution in [0.2, 0.25) is 0 Å². The zero-order valence-corrected chi connectivity index (χ0v) is 12.3. The average Bonchev–Trinajstić information content (AvgIpc) is 2.41. The molecule has 0 radical (unpaired) electrons. The molecule has 2 heterocycles. The molecule has 1 aliphatic heterocycles. The lowest BCUT2D eigenvalue weighted by Gasteiger charge is -2.32. The molecule has 0 aliphatic carbocycles. The molecule has 1 fully saturated rings. The summed E-state index contributed by atoms with van der Waals surface area (Å²) in [5.41, 5.74) is 0. The van der Waals surface area contributed by atoms with Gasteiger partial charge < -0.3 is 10.2 Å². The fraction of sp³-hybridized carbons (Fsp3) is 0.583. The van der Waals surface area contributed by atoms with E-state index in [0.29, 0.717) is 5.82 Å². The Labute approximate surface area is 119 Å². The van der Waals surface area contributed by atoms with Crippen LogP contribution >= 0.6 is 0 Å². The maximum atomic E-state index is 10.9. The Hall–Kier alpha value is -1.22. The van der Waals surface area contributed by atoms with Gasteiger partial charge in [0.2, 0.25) is 0 Å². The smallest absolute Gasteiger partial charge is 0.296 e. The van der Waals surface area contributed by atoms with E-state index in [9.17, 15) is 8.42 Å². The summed E-state index contributed by atoms with van der Waals surface area (Å²) in [6.07, 6.45) is 1.15. The minimum absolute atomic E-state index is 0.192. The number of rotatable bonds is 5. The molecule has 8 heteroatoms. The molecule has 2 N–H and O–H groups in total. The molecule has 0 aromatic carbocycles. The lowest BCUT2D eigenvalue weighted by atomic mass is 10.3. The largest absolute Gasteiger partial charge is 0.369 e. The normalized spacial score (nSPS) is 18.1. The van der Waals surface area contributed by atoms with E-state index in [1.54, 1.807) is 6.07 Å². The molecule has 0 amide bonds. The van der Waals surface area contributed by atoms with Crippen molar-refractivity contribution in [1.82, 2.24) is 14.8 Å². The van der Waals surface area contributed by atoms with Crippen LogP contribution in [0.3, 0.4) is 0 Å². The van der Waals surface area contributed by atoms with E-state index >= 15 is 0 Å². The molecule has 1 aliphatic rings. The first-order valence-corrected chi connectivity index (χ1v) is 7.97. The first kappa shape index (κ1) is 15.2. The van der Waals surface area contributed by atoms with Crippen molar-refractivity contribution in [3.63, 3.8) is 0 Å². The van der Waals surface area contributed by atoms with Crippen LogP contribution in [0.25, 0.3) is 0 Å². The molecule has 1 aromatic heterocycles. The number of nitrogens with zero attached hydrogens (tertiary/aromatic N) is 3. The number of anilines is 1. The van der Waals surface area contributed by atoms with Gasteiger partial charge in [-0.1, -0.05) is 0 Å². The van der Waals surface area contributed by atoms with Crippen LogP contribution in [-0.2, 0) is 10.1 Å². The van der Waals surface area contributed by atoms with Gasteiger partial charge in [0.1, 0.15) is 10.7 Å². The van der Waals surface area contributed by atoms with E-state index in [4.69, 9.17) is 4.55 Å². The van der Waals surface area contributed by atoms with Crippen molar-refractivity contribution in [3.05, 3.63) is 18.3 Å². The van der Waals surface area contributed by atoms with Crippen molar-refractivity contribution in [1.29, 1.82) is 0 Å². The number of pyridine rings is 1. The van der Waals surface area contributed by atoms with Gasteiger partial charge in [0.25, 0.3) is 10.1 Å². The Morgan fingerprint density at radius 2 is 2.00 bits per heavy atom. The van der Waals surface area contributed by atoms with Crippen molar-refractivity contribution < 1.29 is 13.0 Å². The zero-order chi connectivity index (χ0) is 14.6. The van der Waals surface area contributed by atoms with E-state index < -0.39 is 10.1 Å². The second-order valence-corrected chi connectivity index (χ2v) is 6.35. The molecule has 1 saturated heterocycles. The van der Waals surface area contributed by atoms with Crippen LogP contribution in [0.4, 0.5) is 5.82 Å². The Kier molecular flexibility index (Phi) is 4.92. The second kappa shape index (κ2) is 6.49. The standard InChI is InChI=1S/C12H20N4O3S/c1-15-6-8-16(9-7-15)5-4-13-12-3-2-11(10-14-12)20(17,18)19/h2-3,10H,4-9H2,1H3,(H,13,14)(H,17,18,19). The summed E-state index contributed by atoms with van der Waals surface area (Å²) in [5, 5.41) is 3.14. The number of aromatic nitrogens is 1. The monoisotopic (exact) mass is 300 g/mol. The fourth-order valence-electron chi connectivity index (χ4n) is 2.05. The highest BCUT2D eigenvalue weighted by molar-refractivity contribution is 7.85. The molecule has 7 nitrogen and oxygen atoms in total. The van der Waals surface area contributed by atoms with Crippen LogP contribution in [-0.4, -0.2) is 74.1 Å². The number of likely N-dealkylation sites (N-methyl/N-ethyl adjacent to an activating group) is 1. The van der Waals surface area contributed by atoms with E-state index in [1.807, 2.05) is 0 Å². The number of piperazine rings is 1. The van der Waals surface area contributed by atoms with E-state index in [-0.39, 0.29) is 4.90 Å². The minimum Gasteiger partial charge on any atom is -0.369 e. The minimum atomic E-state index is -4.17. The summed E-state index contributed by atoms with van der Waals surface area (Å²) >= 11 is 0. The van der Waals surface area contributed by atoms with Crippen LogP contribution in [0, 0.1) is 0 Å². The van der Waals surface area contributed by atoms with Gasteiger partial charge in [0.05, 0.1) is 6.20 Å². The molecule has 112 valence electrons. The highest BCUT2D eigenvalue weighted by Gasteiger charge is 2.13. The van der Waals surface area contributed by atoms with Crippen molar-refractivity contribution in [3.8, 4) is 0 Å². The molecule has 0 spiro atoms. The quantitative estimate of drug-likeness (QED) is 0.740. The molecular formula is C12H20N4O3S. The van der Waals surface area contributed by atoms with Gasteiger partial charge in [-0.15, -0.1) is 0 Å². The predicted octanol–water partition coefficient (Wildman–Crippen LogP) is -0.0124. The first-order chi connectivity index (χ1) is 9.45. The maximum Gasteiger partial charge on any atom is 0.296 e. The summed E-state index contributed by atoms with van der Waals surface area (Å²) in [7, 11) is -2.04. The molecule has 0 unspecified atom stereocenters. The Morgan fingerprint density at radius 1 is 1.30 bits per heavy atom. The van der Waals surface area contributed by atoms with Gasteiger partial charge in [-0.05, 0) is 19.2 Å². The van der Waals surface area contributed by atoms with Crippen molar-refractivity contribution in [2.24, 2.45) is 0 Å². The van der Waals surface area contributed by atoms with Crippen LogP contribution in [0.1, 0.15) is 0 Å². The summed E-state index contributed by atoms with van der Waals surface area (Å²) in [4.78, 5) is 8.45. The molecule has 0 saturated carbocycles. The van der Waals surface area contributed by atoms with Gasteiger partial charge >= 0.3 is 0 Å². The van der Waals surface area contributed by atoms with E-state index in [2.05, 4.69) is 27.1 Å².